The minimum absolute atomic E-state index is 0.123. The summed E-state index contributed by atoms with van der Waals surface area (Å²) in [5.74, 6) is 0. The van der Waals surface area contributed by atoms with E-state index >= 15 is 0 Å². The van der Waals surface area contributed by atoms with Crippen molar-refractivity contribution < 1.29 is 16.8 Å². The fourth-order valence-corrected chi connectivity index (χ4v) is 8.83. The summed E-state index contributed by atoms with van der Waals surface area (Å²) >= 11 is 0. The molecule has 0 saturated carbocycles. The van der Waals surface area contributed by atoms with Gasteiger partial charge >= 0.3 is 0 Å². The maximum absolute atomic E-state index is 13.5. The average molecular weight is 465 g/mol. The fourth-order valence-electron chi connectivity index (χ4n) is 4.88. The van der Waals surface area contributed by atoms with E-state index in [1.165, 1.54) is 8.61 Å². The van der Waals surface area contributed by atoms with Gasteiger partial charge in [-0.3, -0.25) is 0 Å². The van der Waals surface area contributed by atoms with Gasteiger partial charge in [0.2, 0.25) is 20.0 Å². The van der Waals surface area contributed by atoms with E-state index < -0.39 is 26.1 Å². The summed E-state index contributed by atoms with van der Waals surface area (Å²) in [5.41, 5.74) is 4.89. The normalized spacial score (nSPS) is 19.0. The topological polar surface area (TPSA) is 74.8 Å². The maximum Gasteiger partial charge on any atom is 0.243 e. The Morgan fingerprint density at radius 2 is 1.06 bits per heavy atom. The Bertz CT molecular complexity index is 1190. The molecule has 0 radical (unpaired) electrons. The van der Waals surface area contributed by atoms with Crippen molar-refractivity contribution in [2.75, 3.05) is 19.6 Å². The second-order valence-corrected chi connectivity index (χ2v) is 12.5. The van der Waals surface area contributed by atoms with Crippen molar-refractivity contribution >= 4 is 20.0 Å². The van der Waals surface area contributed by atoms with Gasteiger partial charge in [0.1, 0.15) is 0 Å². The Morgan fingerprint density at radius 1 is 0.677 bits per heavy atom. The molecule has 1 aliphatic heterocycles. The van der Waals surface area contributed by atoms with E-state index in [-0.39, 0.29) is 19.6 Å². The summed E-state index contributed by atoms with van der Waals surface area (Å²) < 4.78 is 56.7. The quantitative estimate of drug-likeness (QED) is 0.693. The monoisotopic (exact) mass is 464 g/mol. The first-order chi connectivity index (χ1) is 14.3. The van der Waals surface area contributed by atoms with E-state index in [4.69, 9.17) is 0 Å². The van der Waals surface area contributed by atoms with Gasteiger partial charge in [0, 0.05) is 25.7 Å². The van der Waals surface area contributed by atoms with Crippen LogP contribution in [-0.4, -0.2) is 51.1 Å². The first kappa shape index (κ1) is 23.9. The van der Waals surface area contributed by atoms with Crippen LogP contribution in [0.1, 0.15) is 40.3 Å². The predicted octanol–water partition coefficient (Wildman–Crippen LogP) is 3.62. The van der Waals surface area contributed by atoms with E-state index in [1.54, 1.807) is 34.6 Å². The van der Waals surface area contributed by atoms with Crippen LogP contribution in [0.3, 0.4) is 0 Å². The van der Waals surface area contributed by atoms with Gasteiger partial charge < -0.3 is 0 Å². The molecule has 3 rings (SSSR count). The van der Waals surface area contributed by atoms with Crippen LogP contribution in [0.2, 0.25) is 0 Å². The molecule has 0 unspecified atom stereocenters. The maximum atomic E-state index is 13.5. The summed E-state index contributed by atoms with van der Waals surface area (Å²) in [4.78, 5) is 0.651. The Kier molecular flexibility index (Phi) is 6.41. The molecule has 0 aliphatic carbocycles. The van der Waals surface area contributed by atoms with Gasteiger partial charge in [-0.15, -0.1) is 0 Å². The highest BCUT2D eigenvalue weighted by Crippen LogP contribution is 2.31. The number of rotatable bonds is 4. The van der Waals surface area contributed by atoms with Crippen molar-refractivity contribution in [3.05, 3.63) is 57.6 Å². The molecular formula is C23H32N2O4S2. The average Bonchev–Trinajstić information content (AvgIpc) is 2.58. The number of piperazine rings is 1. The zero-order valence-electron chi connectivity index (χ0n) is 19.4. The molecule has 0 aromatic heterocycles. The van der Waals surface area contributed by atoms with Crippen molar-refractivity contribution in [2.45, 2.75) is 64.3 Å². The van der Waals surface area contributed by atoms with Crippen molar-refractivity contribution in [3.8, 4) is 0 Å². The van der Waals surface area contributed by atoms with Gasteiger partial charge in [-0.05, 0) is 70.7 Å². The smallest absolute Gasteiger partial charge is 0.207 e. The lowest BCUT2D eigenvalue weighted by Crippen LogP contribution is -2.55. The predicted molar refractivity (Wildman–Crippen MR) is 123 cm³/mol. The summed E-state index contributed by atoms with van der Waals surface area (Å²) in [6, 6.07) is 7.00. The van der Waals surface area contributed by atoms with Crippen molar-refractivity contribution in [1.82, 2.24) is 8.61 Å². The molecule has 2 aromatic rings. The zero-order valence-corrected chi connectivity index (χ0v) is 21.0. The highest BCUT2D eigenvalue weighted by molar-refractivity contribution is 7.89. The van der Waals surface area contributed by atoms with Gasteiger partial charge in [-0.1, -0.05) is 35.4 Å². The van der Waals surface area contributed by atoms with Crippen molar-refractivity contribution in [2.24, 2.45) is 0 Å². The van der Waals surface area contributed by atoms with Gasteiger partial charge in [-0.25, -0.2) is 16.8 Å². The molecule has 1 atom stereocenters. The molecule has 1 aliphatic rings. The van der Waals surface area contributed by atoms with Gasteiger partial charge in [0.05, 0.1) is 9.79 Å². The van der Waals surface area contributed by atoms with Gasteiger partial charge in [0.15, 0.2) is 0 Å². The third-order valence-corrected chi connectivity index (χ3v) is 10.4. The van der Waals surface area contributed by atoms with E-state index in [0.29, 0.717) is 32.0 Å². The zero-order chi connectivity index (χ0) is 23.3. The van der Waals surface area contributed by atoms with E-state index in [0.717, 1.165) is 11.1 Å². The van der Waals surface area contributed by atoms with Crippen LogP contribution in [0.15, 0.2) is 34.1 Å². The molecular weight excluding hydrogens is 432 g/mol. The first-order valence-corrected chi connectivity index (χ1v) is 13.3. The number of hydrogen-bond donors (Lipinski definition) is 0. The molecule has 1 heterocycles. The van der Waals surface area contributed by atoms with Crippen molar-refractivity contribution in [1.29, 1.82) is 0 Å². The van der Waals surface area contributed by atoms with Crippen LogP contribution in [-0.2, 0) is 20.0 Å². The highest BCUT2D eigenvalue weighted by Gasteiger charge is 2.39. The summed E-state index contributed by atoms with van der Waals surface area (Å²) in [6.07, 6.45) is 0. The second-order valence-electron chi connectivity index (χ2n) is 8.78. The number of sulfonamides is 2. The SMILES string of the molecule is Cc1cc(C)c(S(=O)(=O)N2CCN(S(=O)(=O)c3c(C)cc(C)cc3C)[C@H](C)C2)c(C)c1. The lowest BCUT2D eigenvalue weighted by Gasteiger charge is -2.39. The minimum atomic E-state index is -3.73. The van der Waals surface area contributed by atoms with Crippen LogP contribution < -0.4 is 0 Å². The molecule has 0 N–H and O–H groups in total. The number of aryl methyl sites for hydroxylation is 6. The standard InChI is InChI=1S/C23H32N2O4S2/c1-15-10-17(3)22(18(4)11-15)30(26,27)24-8-9-25(21(7)14-24)31(28,29)23-19(5)12-16(2)13-20(23)6/h10-13,21H,8-9,14H2,1-7H3/t21-/m1/s1. The number of nitrogens with zero attached hydrogens (tertiary/aromatic N) is 2. The fraction of sp³-hybridized carbons (Fsp3) is 0.478. The molecule has 170 valence electrons. The number of hydrogen-bond acceptors (Lipinski definition) is 4. The van der Waals surface area contributed by atoms with E-state index in [9.17, 15) is 16.8 Å². The van der Waals surface area contributed by atoms with Crippen LogP contribution in [0, 0.1) is 41.5 Å². The molecule has 6 nitrogen and oxygen atoms in total. The Balaban J connectivity index is 1.93. The Morgan fingerprint density at radius 3 is 1.45 bits per heavy atom. The molecule has 0 bridgehead atoms. The summed E-state index contributed by atoms with van der Waals surface area (Å²) in [5, 5.41) is 0. The van der Waals surface area contributed by atoms with Crippen LogP contribution >= 0.6 is 0 Å². The Hall–Kier alpha value is -1.74. The summed E-state index contributed by atoms with van der Waals surface area (Å²) in [7, 11) is -7.45. The van der Waals surface area contributed by atoms with Gasteiger partial charge in [-0.2, -0.15) is 8.61 Å². The van der Waals surface area contributed by atoms with Crippen molar-refractivity contribution in [3.63, 3.8) is 0 Å². The number of benzene rings is 2. The highest BCUT2D eigenvalue weighted by atomic mass is 32.2. The van der Waals surface area contributed by atoms with E-state index in [1.807, 2.05) is 38.1 Å². The van der Waals surface area contributed by atoms with E-state index in [2.05, 4.69) is 0 Å². The third-order valence-electron chi connectivity index (χ3n) is 5.90. The van der Waals surface area contributed by atoms with Crippen LogP contribution in [0.5, 0.6) is 0 Å². The lowest BCUT2D eigenvalue weighted by molar-refractivity contribution is 0.212. The van der Waals surface area contributed by atoms with Gasteiger partial charge in [0.25, 0.3) is 0 Å². The minimum Gasteiger partial charge on any atom is -0.207 e. The Labute approximate surface area is 187 Å². The molecule has 1 saturated heterocycles. The second kappa shape index (κ2) is 8.31. The molecule has 0 amide bonds. The largest absolute Gasteiger partial charge is 0.243 e. The molecule has 0 spiro atoms. The summed E-state index contributed by atoms with van der Waals surface area (Å²) in [6.45, 7) is 13.3. The first-order valence-electron chi connectivity index (χ1n) is 10.4. The molecule has 31 heavy (non-hydrogen) atoms. The molecule has 8 heteroatoms. The van der Waals surface area contributed by atoms with Crippen LogP contribution in [0.4, 0.5) is 0 Å². The molecule has 2 aromatic carbocycles. The molecule has 1 fully saturated rings. The third kappa shape index (κ3) is 4.31. The van der Waals surface area contributed by atoms with Crippen LogP contribution in [0.25, 0.3) is 0 Å². The lowest BCUT2D eigenvalue weighted by atomic mass is 10.1.